The summed E-state index contributed by atoms with van der Waals surface area (Å²) in [6, 6.07) is 7.69. The summed E-state index contributed by atoms with van der Waals surface area (Å²) in [6.45, 7) is 1.78. The van der Waals surface area contributed by atoms with Crippen molar-refractivity contribution < 1.29 is 4.79 Å². The molecule has 2 aromatic rings. The third-order valence-corrected chi connectivity index (χ3v) is 3.79. The molecule has 2 N–H and O–H groups in total. The van der Waals surface area contributed by atoms with Crippen molar-refractivity contribution in [3.63, 3.8) is 0 Å². The number of nitrogens with zero attached hydrogens (tertiary/aromatic N) is 3. The Bertz CT molecular complexity index is 613. The van der Waals surface area contributed by atoms with Crippen LogP contribution in [0.25, 0.3) is 11.4 Å². The van der Waals surface area contributed by atoms with E-state index in [9.17, 15) is 4.79 Å². The van der Waals surface area contributed by atoms with Gasteiger partial charge in [0.2, 0.25) is 5.91 Å². The van der Waals surface area contributed by atoms with Gasteiger partial charge in [0.1, 0.15) is 6.33 Å². The molecule has 1 saturated heterocycles. The number of aryl methyl sites for hydroxylation is 1. The normalized spacial score (nSPS) is 18.4. The monoisotopic (exact) mass is 285 g/mol. The predicted molar refractivity (Wildman–Crippen MR) is 80.7 cm³/mol. The molecular formula is C15H19N5O. The topological polar surface area (TPSA) is 71.8 Å². The van der Waals surface area contributed by atoms with Gasteiger partial charge >= 0.3 is 0 Å². The summed E-state index contributed by atoms with van der Waals surface area (Å²) in [5.41, 5.74) is 1.80. The average Bonchev–Trinajstić information content (AvgIpc) is 2.95. The van der Waals surface area contributed by atoms with E-state index in [2.05, 4.69) is 20.8 Å². The molecule has 1 aromatic heterocycles. The summed E-state index contributed by atoms with van der Waals surface area (Å²) in [5, 5.41) is 14.2. The van der Waals surface area contributed by atoms with Crippen molar-refractivity contribution in [2.24, 2.45) is 13.0 Å². The summed E-state index contributed by atoms with van der Waals surface area (Å²) in [6.07, 6.45) is 3.68. The molecule has 1 aromatic carbocycles. The van der Waals surface area contributed by atoms with E-state index in [-0.39, 0.29) is 11.8 Å². The van der Waals surface area contributed by atoms with Crippen molar-refractivity contribution in [1.82, 2.24) is 20.1 Å². The number of anilines is 1. The Labute approximate surface area is 123 Å². The zero-order valence-corrected chi connectivity index (χ0v) is 12.0. The second kappa shape index (κ2) is 6.05. The average molecular weight is 285 g/mol. The molecule has 0 radical (unpaired) electrons. The summed E-state index contributed by atoms with van der Waals surface area (Å²) in [7, 11) is 1.90. The molecular weight excluding hydrogens is 266 g/mol. The number of amides is 1. The Morgan fingerprint density at radius 2 is 2.19 bits per heavy atom. The van der Waals surface area contributed by atoms with Crippen LogP contribution in [0.3, 0.4) is 0 Å². The number of hydrogen-bond donors (Lipinski definition) is 2. The molecule has 6 nitrogen and oxygen atoms in total. The highest BCUT2D eigenvalue weighted by molar-refractivity contribution is 5.93. The maximum atomic E-state index is 12.2. The molecule has 0 bridgehead atoms. The first-order valence-corrected chi connectivity index (χ1v) is 7.20. The minimum atomic E-state index is 0.0668. The molecule has 1 aliphatic heterocycles. The van der Waals surface area contributed by atoms with E-state index in [1.54, 1.807) is 6.33 Å². The first-order valence-electron chi connectivity index (χ1n) is 7.20. The zero-order valence-electron chi connectivity index (χ0n) is 12.0. The Morgan fingerprint density at radius 3 is 2.81 bits per heavy atom. The highest BCUT2D eigenvalue weighted by Crippen LogP contribution is 2.20. The first kappa shape index (κ1) is 13.8. The van der Waals surface area contributed by atoms with E-state index >= 15 is 0 Å². The largest absolute Gasteiger partial charge is 0.326 e. The van der Waals surface area contributed by atoms with Crippen LogP contribution < -0.4 is 10.6 Å². The maximum absolute atomic E-state index is 12.2. The number of aromatic nitrogens is 3. The van der Waals surface area contributed by atoms with Crippen molar-refractivity contribution >= 4 is 11.6 Å². The Morgan fingerprint density at radius 1 is 1.38 bits per heavy atom. The van der Waals surface area contributed by atoms with E-state index in [1.807, 2.05) is 35.9 Å². The van der Waals surface area contributed by atoms with Gasteiger partial charge in [-0.25, -0.2) is 0 Å². The van der Waals surface area contributed by atoms with Gasteiger partial charge in [0.25, 0.3) is 0 Å². The van der Waals surface area contributed by atoms with Crippen molar-refractivity contribution in [2.75, 3.05) is 18.4 Å². The standard InChI is InChI=1S/C15H19N5O/c1-20-10-17-19-14(20)11-4-6-13(7-5-11)18-15(21)12-3-2-8-16-9-12/h4-7,10,12,16H,2-3,8-9H2,1H3,(H,18,21)/t12-/m1/s1. The predicted octanol–water partition coefficient (Wildman–Crippen LogP) is 1.42. The molecule has 0 unspecified atom stereocenters. The van der Waals surface area contributed by atoms with Gasteiger partial charge in [0, 0.05) is 24.8 Å². The van der Waals surface area contributed by atoms with Crippen LogP contribution in [-0.2, 0) is 11.8 Å². The van der Waals surface area contributed by atoms with E-state index < -0.39 is 0 Å². The molecule has 6 heteroatoms. The molecule has 0 saturated carbocycles. The second-order valence-corrected chi connectivity index (χ2v) is 5.38. The summed E-state index contributed by atoms with van der Waals surface area (Å²) in [5.74, 6) is 0.968. The van der Waals surface area contributed by atoms with Crippen molar-refractivity contribution in [2.45, 2.75) is 12.8 Å². The van der Waals surface area contributed by atoms with Gasteiger partial charge < -0.3 is 15.2 Å². The van der Waals surface area contributed by atoms with Gasteiger partial charge in [-0.05, 0) is 43.7 Å². The van der Waals surface area contributed by atoms with Crippen LogP contribution in [0.1, 0.15) is 12.8 Å². The van der Waals surface area contributed by atoms with Crippen LogP contribution in [0, 0.1) is 5.92 Å². The number of nitrogens with one attached hydrogen (secondary N) is 2. The lowest BCUT2D eigenvalue weighted by Gasteiger charge is -2.21. The molecule has 0 aliphatic carbocycles. The fourth-order valence-corrected chi connectivity index (χ4v) is 2.57. The van der Waals surface area contributed by atoms with E-state index in [1.165, 1.54) is 0 Å². The van der Waals surface area contributed by atoms with Gasteiger partial charge in [-0.15, -0.1) is 10.2 Å². The molecule has 1 atom stereocenters. The van der Waals surface area contributed by atoms with Crippen molar-refractivity contribution in [1.29, 1.82) is 0 Å². The lowest BCUT2D eigenvalue weighted by atomic mass is 9.99. The number of hydrogen-bond acceptors (Lipinski definition) is 4. The number of carbonyl (C=O) groups is 1. The smallest absolute Gasteiger partial charge is 0.228 e. The third-order valence-electron chi connectivity index (χ3n) is 3.79. The Hall–Kier alpha value is -2.21. The summed E-state index contributed by atoms with van der Waals surface area (Å²) >= 11 is 0. The van der Waals surface area contributed by atoms with Gasteiger partial charge in [0.05, 0.1) is 5.92 Å². The minimum absolute atomic E-state index is 0.0668. The van der Waals surface area contributed by atoms with Crippen LogP contribution in [0.4, 0.5) is 5.69 Å². The molecule has 3 rings (SSSR count). The van der Waals surface area contributed by atoms with Crippen LogP contribution in [0.2, 0.25) is 0 Å². The molecule has 0 spiro atoms. The first-order chi connectivity index (χ1) is 10.2. The van der Waals surface area contributed by atoms with Crippen molar-refractivity contribution in [3.05, 3.63) is 30.6 Å². The highest BCUT2D eigenvalue weighted by atomic mass is 16.1. The maximum Gasteiger partial charge on any atom is 0.228 e. The molecule has 110 valence electrons. The highest BCUT2D eigenvalue weighted by Gasteiger charge is 2.20. The lowest BCUT2D eigenvalue weighted by Crippen LogP contribution is -2.37. The fourth-order valence-electron chi connectivity index (χ4n) is 2.57. The van der Waals surface area contributed by atoms with Gasteiger partial charge in [-0.3, -0.25) is 4.79 Å². The third kappa shape index (κ3) is 3.11. The Balaban J connectivity index is 1.67. The Kier molecular flexibility index (Phi) is 3.96. The van der Waals surface area contributed by atoms with E-state index in [0.717, 1.165) is 43.0 Å². The SMILES string of the molecule is Cn1cnnc1-c1ccc(NC(=O)[C@@H]2CCCNC2)cc1. The summed E-state index contributed by atoms with van der Waals surface area (Å²) in [4.78, 5) is 12.2. The zero-order chi connectivity index (χ0) is 14.7. The second-order valence-electron chi connectivity index (χ2n) is 5.38. The minimum Gasteiger partial charge on any atom is -0.326 e. The number of piperidine rings is 1. The molecule has 2 heterocycles. The molecule has 1 fully saturated rings. The van der Waals surface area contributed by atoms with Crippen LogP contribution in [-0.4, -0.2) is 33.8 Å². The van der Waals surface area contributed by atoms with Crippen LogP contribution in [0.15, 0.2) is 30.6 Å². The quantitative estimate of drug-likeness (QED) is 0.894. The van der Waals surface area contributed by atoms with Crippen molar-refractivity contribution in [3.8, 4) is 11.4 Å². The lowest BCUT2D eigenvalue weighted by molar-refractivity contribution is -0.120. The van der Waals surface area contributed by atoms with E-state index in [4.69, 9.17) is 0 Å². The molecule has 21 heavy (non-hydrogen) atoms. The number of rotatable bonds is 3. The van der Waals surface area contributed by atoms with E-state index in [0.29, 0.717) is 0 Å². The summed E-state index contributed by atoms with van der Waals surface area (Å²) < 4.78 is 1.86. The molecule has 1 aliphatic rings. The number of carbonyl (C=O) groups excluding carboxylic acids is 1. The van der Waals surface area contributed by atoms with Gasteiger partial charge in [-0.1, -0.05) is 0 Å². The number of benzene rings is 1. The fraction of sp³-hybridized carbons (Fsp3) is 0.400. The molecule has 1 amide bonds. The van der Waals surface area contributed by atoms with Crippen LogP contribution >= 0.6 is 0 Å². The van der Waals surface area contributed by atoms with Gasteiger partial charge in [0.15, 0.2) is 5.82 Å². The van der Waals surface area contributed by atoms with Crippen LogP contribution in [0.5, 0.6) is 0 Å². The van der Waals surface area contributed by atoms with Gasteiger partial charge in [-0.2, -0.15) is 0 Å².